The molecule has 0 aliphatic carbocycles. The highest BCUT2D eigenvalue weighted by Gasteiger charge is 2.42. The fourth-order valence-electron chi connectivity index (χ4n) is 3.79. The zero-order valence-electron chi connectivity index (χ0n) is 18.0. The fraction of sp³-hybridized carbons (Fsp3) is 0.269. The third-order valence-corrected chi connectivity index (χ3v) is 5.48. The Balaban J connectivity index is 1.85. The minimum absolute atomic E-state index is 0.0663. The molecule has 0 radical (unpaired) electrons. The smallest absolute Gasteiger partial charge is 0.303 e. The van der Waals surface area contributed by atoms with Crippen molar-refractivity contribution in [2.75, 3.05) is 6.54 Å². The van der Waals surface area contributed by atoms with E-state index in [0.29, 0.717) is 25.8 Å². The normalized spacial score (nSPS) is 16.2. The lowest BCUT2D eigenvalue weighted by atomic mass is 9.95. The Morgan fingerprint density at radius 3 is 2.34 bits per heavy atom. The zero-order valence-corrected chi connectivity index (χ0v) is 18.0. The summed E-state index contributed by atoms with van der Waals surface area (Å²) in [5.41, 5.74) is 2.70. The molecule has 1 aliphatic rings. The first-order valence-electron chi connectivity index (χ1n) is 10.7. The number of amides is 1. The van der Waals surface area contributed by atoms with Gasteiger partial charge in [0, 0.05) is 13.0 Å². The van der Waals surface area contributed by atoms with E-state index in [2.05, 4.69) is 0 Å². The van der Waals surface area contributed by atoms with Crippen LogP contribution < -0.4 is 0 Å². The Morgan fingerprint density at radius 2 is 1.69 bits per heavy atom. The maximum Gasteiger partial charge on any atom is 0.303 e. The van der Waals surface area contributed by atoms with Gasteiger partial charge in [-0.05, 0) is 37.0 Å². The summed E-state index contributed by atoms with van der Waals surface area (Å²) in [4.78, 5) is 38.2. The van der Waals surface area contributed by atoms with Crippen LogP contribution in [0.2, 0.25) is 0 Å². The number of rotatable bonds is 10. The second-order valence-electron chi connectivity index (χ2n) is 7.89. The zero-order chi connectivity index (χ0) is 23.1. The summed E-state index contributed by atoms with van der Waals surface area (Å²) in [7, 11) is 0. The Kier molecular flexibility index (Phi) is 7.60. The summed E-state index contributed by atoms with van der Waals surface area (Å²) in [6.45, 7) is 2.27. The molecule has 6 nitrogen and oxygen atoms in total. The maximum atomic E-state index is 13.1. The molecule has 3 rings (SSSR count). The molecule has 0 spiro atoms. The predicted octanol–water partition coefficient (Wildman–Crippen LogP) is 4.62. The topological polar surface area (TPSA) is 94.9 Å². The van der Waals surface area contributed by atoms with Gasteiger partial charge in [0.15, 0.2) is 11.5 Å². The maximum absolute atomic E-state index is 13.1. The van der Waals surface area contributed by atoms with E-state index in [0.717, 1.165) is 16.7 Å². The van der Waals surface area contributed by atoms with Crippen LogP contribution in [0.15, 0.2) is 72.0 Å². The number of aliphatic hydroxyl groups excluding tert-OH is 1. The third-order valence-electron chi connectivity index (χ3n) is 5.48. The Morgan fingerprint density at radius 1 is 1.00 bits per heavy atom. The van der Waals surface area contributed by atoms with E-state index in [1.54, 1.807) is 6.08 Å². The average molecular weight is 434 g/mol. The number of unbranched alkanes of at least 4 members (excludes halogenated alkanes) is 2. The molecule has 0 unspecified atom stereocenters. The van der Waals surface area contributed by atoms with Gasteiger partial charge in [-0.2, -0.15) is 0 Å². The van der Waals surface area contributed by atoms with Gasteiger partial charge in [0.25, 0.3) is 5.91 Å². The number of nitrogens with zero attached hydrogens (tertiary/aromatic N) is 1. The fourth-order valence-corrected chi connectivity index (χ4v) is 3.79. The van der Waals surface area contributed by atoms with Crippen LogP contribution in [0.25, 0.3) is 6.08 Å². The van der Waals surface area contributed by atoms with E-state index in [1.807, 2.05) is 61.5 Å². The first kappa shape index (κ1) is 23.0. The number of hydrogen-bond donors (Lipinski definition) is 2. The second-order valence-corrected chi connectivity index (χ2v) is 7.89. The lowest BCUT2D eigenvalue weighted by Gasteiger charge is -2.26. The van der Waals surface area contributed by atoms with Crippen molar-refractivity contribution in [1.82, 2.24) is 4.90 Å². The van der Waals surface area contributed by atoms with Crippen LogP contribution in [0.5, 0.6) is 0 Å². The molecule has 32 heavy (non-hydrogen) atoms. The van der Waals surface area contributed by atoms with Gasteiger partial charge >= 0.3 is 5.97 Å². The number of hydrogen-bond acceptors (Lipinski definition) is 4. The lowest BCUT2D eigenvalue weighted by Crippen LogP contribution is -2.32. The van der Waals surface area contributed by atoms with Crippen molar-refractivity contribution in [3.05, 3.63) is 88.7 Å². The van der Waals surface area contributed by atoms with Crippen LogP contribution in [0.4, 0.5) is 0 Å². The number of allylic oxidation sites excluding steroid dienone is 1. The van der Waals surface area contributed by atoms with Gasteiger partial charge in [0.1, 0.15) is 0 Å². The summed E-state index contributed by atoms with van der Waals surface area (Å²) in [5, 5.41) is 19.4. The lowest BCUT2D eigenvalue weighted by molar-refractivity contribution is -0.137. The van der Waals surface area contributed by atoms with Crippen LogP contribution in [-0.2, 0) is 14.4 Å². The number of ketones is 1. The van der Waals surface area contributed by atoms with Gasteiger partial charge in [-0.1, -0.05) is 72.7 Å². The van der Waals surface area contributed by atoms with Gasteiger partial charge in [0.2, 0.25) is 0 Å². The van der Waals surface area contributed by atoms with Crippen molar-refractivity contribution >= 4 is 23.7 Å². The molecule has 2 aromatic rings. The Hall–Kier alpha value is -3.67. The van der Waals surface area contributed by atoms with E-state index >= 15 is 0 Å². The molecule has 1 atom stereocenters. The number of carboxylic acids is 1. The van der Waals surface area contributed by atoms with Crippen molar-refractivity contribution in [3.63, 3.8) is 0 Å². The minimum atomic E-state index is -0.850. The highest BCUT2D eigenvalue weighted by Crippen LogP contribution is 2.38. The summed E-state index contributed by atoms with van der Waals surface area (Å²) >= 11 is 0. The number of carbonyl (C=O) groups excluding carboxylic acids is 2. The summed E-state index contributed by atoms with van der Waals surface area (Å²) < 4.78 is 0. The van der Waals surface area contributed by atoms with Crippen LogP contribution in [-0.4, -0.2) is 39.3 Å². The molecular weight excluding hydrogens is 406 g/mol. The largest absolute Gasteiger partial charge is 0.503 e. The van der Waals surface area contributed by atoms with E-state index in [-0.39, 0.29) is 12.0 Å². The van der Waals surface area contributed by atoms with Crippen LogP contribution >= 0.6 is 0 Å². The van der Waals surface area contributed by atoms with E-state index < -0.39 is 29.5 Å². The Labute approximate surface area is 187 Å². The second kappa shape index (κ2) is 10.6. The van der Waals surface area contributed by atoms with Gasteiger partial charge in [0.05, 0.1) is 11.6 Å². The molecule has 0 aromatic heterocycles. The molecule has 0 bridgehead atoms. The number of aliphatic carboxylic acids is 1. The molecule has 1 aliphatic heterocycles. The molecule has 2 N–H and O–H groups in total. The monoisotopic (exact) mass is 433 g/mol. The van der Waals surface area contributed by atoms with Gasteiger partial charge in [-0.15, -0.1) is 0 Å². The van der Waals surface area contributed by atoms with E-state index in [1.165, 1.54) is 11.0 Å². The number of benzene rings is 2. The summed E-state index contributed by atoms with van der Waals surface area (Å²) in [5.74, 6) is -2.37. The highest BCUT2D eigenvalue weighted by atomic mass is 16.4. The van der Waals surface area contributed by atoms with Crippen molar-refractivity contribution in [2.24, 2.45) is 0 Å². The van der Waals surface area contributed by atoms with Crippen molar-refractivity contribution in [3.8, 4) is 0 Å². The van der Waals surface area contributed by atoms with Crippen LogP contribution in [0.3, 0.4) is 0 Å². The standard InChI is InChI=1S/C26H27NO5/c1-18-11-14-20(15-12-18)24-23(21(28)16-13-19-8-4-2-5-9-19)25(31)26(32)27(24)17-7-3-6-10-22(29)30/h2,4-5,8-9,11-16,24,31H,3,6-7,10,17H2,1H3,(H,29,30)/b16-13+/t24-/m0/s1. The van der Waals surface area contributed by atoms with Crippen LogP contribution in [0, 0.1) is 6.92 Å². The third kappa shape index (κ3) is 5.52. The van der Waals surface area contributed by atoms with Crippen LogP contribution in [0.1, 0.15) is 48.4 Å². The molecule has 1 heterocycles. The molecule has 2 aromatic carbocycles. The van der Waals surface area contributed by atoms with Gasteiger partial charge in [-0.3, -0.25) is 14.4 Å². The molecule has 166 valence electrons. The van der Waals surface area contributed by atoms with E-state index in [4.69, 9.17) is 5.11 Å². The molecular formula is C26H27NO5. The van der Waals surface area contributed by atoms with Gasteiger partial charge < -0.3 is 15.1 Å². The number of aryl methyl sites for hydroxylation is 1. The highest BCUT2D eigenvalue weighted by molar-refractivity contribution is 6.14. The quantitative estimate of drug-likeness (QED) is 0.421. The van der Waals surface area contributed by atoms with Crippen molar-refractivity contribution < 1.29 is 24.6 Å². The SMILES string of the molecule is Cc1ccc([C@H]2C(C(=O)/C=C/c3ccccc3)=C(O)C(=O)N2CCCCCC(=O)O)cc1. The molecule has 1 amide bonds. The molecule has 6 heteroatoms. The molecule has 0 saturated carbocycles. The number of carbonyl (C=O) groups is 3. The Bertz CT molecular complexity index is 1040. The number of aliphatic hydroxyl groups is 1. The van der Waals surface area contributed by atoms with Crippen molar-refractivity contribution in [2.45, 2.75) is 38.6 Å². The van der Waals surface area contributed by atoms with E-state index in [9.17, 15) is 19.5 Å². The molecule has 0 saturated heterocycles. The summed E-state index contributed by atoms with van der Waals surface area (Å²) in [6, 6.07) is 16.2. The first-order chi connectivity index (χ1) is 15.4. The predicted molar refractivity (Wildman–Crippen MR) is 122 cm³/mol. The minimum Gasteiger partial charge on any atom is -0.503 e. The van der Waals surface area contributed by atoms with Crippen molar-refractivity contribution in [1.29, 1.82) is 0 Å². The average Bonchev–Trinajstić information content (AvgIpc) is 3.03. The molecule has 0 fully saturated rings. The first-order valence-corrected chi connectivity index (χ1v) is 10.7. The van der Waals surface area contributed by atoms with Gasteiger partial charge in [-0.25, -0.2) is 0 Å². The summed E-state index contributed by atoms with van der Waals surface area (Å²) in [6.07, 6.45) is 4.84. The number of carboxylic acid groups (broad SMARTS) is 1.